The lowest BCUT2D eigenvalue weighted by Crippen LogP contribution is -2.48. The molecule has 1 N–H and O–H groups in total. The molecule has 17 heavy (non-hydrogen) atoms. The molecule has 3 fully saturated rings. The van der Waals surface area contributed by atoms with Crippen molar-refractivity contribution in [2.45, 2.75) is 19.3 Å². The number of carbonyl (C=O) groups is 1. The van der Waals surface area contributed by atoms with Crippen LogP contribution in [0.5, 0.6) is 0 Å². The van der Waals surface area contributed by atoms with Crippen molar-refractivity contribution in [2.24, 2.45) is 17.8 Å². The maximum Gasteiger partial charge on any atom is 0.225 e. The van der Waals surface area contributed by atoms with Crippen molar-refractivity contribution in [3.8, 4) is 0 Å². The van der Waals surface area contributed by atoms with E-state index >= 15 is 0 Å². The number of ether oxygens (including phenoxy) is 1. The van der Waals surface area contributed by atoms with Crippen LogP contribution in [0, 0.1) is 17.8 Å². The molecule has 4 heteroatoms. The normalized spacial score (nSPS) is 37.9. The Kier molecular flexibility index (Phi) is 3.34. The molecule has 4 nitrogen and oxygen atoms in total. The van der Waals surface area contributed by atoms with E-state index in [2.05, 4.69) is 5.32 Å². The summed E-state index contributed by atoms with van der Waals surface area (Å²) in [6.07, 6.45) is 3.53. The standard InChI is InChI=1S/C13H22N2O2/c16-13(15-1-3-17-4-2-15)12-6-10-5-11(7-12)9-14-8-10/h10-12,14H,1-9H2. The van der Waals surface area contributed by atoms with Gasteiger partial charge in [0.25, 0.3) is 0 Å². The first-order chi connectivity index (χ1) is 8.33. The zero-order valence-electron chi connectivity index (χ0n) is 10.4. The number of hydrogen-bond acceptors (Lipinski definition) is 3. The van der Waals surface area contributed by atoms with Gasteiger partial charge in [0, 0.05) is 19.0 Å². The summed E-state index contributed by atoms with van der Waals surface area (Å²) in [5, 5.41) is 3.48. The van der Waals surface area contributed by atoms with Crippen molar-refractivity contribution in [3.05, 3.63) is 0 Å². The first kappa shape index (κ1) is 11.5. The SMILES string of the molecule is O=C(C1CC2CNCC(C2)C1)N1CCOCC1. The Morgan fingerprint density at radius 3 is 2.35 bits per heavy atom. The molecule has 2 atom stereocenters. The molecule has 0 aromatic heterocycles. The number of nitrogens with zero attached hydrogens (tertiary/aromatic N) is 1. The van der Waals surface area contributed by atoms with Crippen molar-refractivity contribution in [2.75, 3.05) is 39.4 Å². The summed E-state index contributed by atoms with van der Waals surface area (Å²) in [5.74, 6) is 2.15. The van der Waals surface area contributed by atoms with E-state index in [0.717, 1.165) is 50.9 Å². The van der Waals surface area contributed by atoms with Crippen LogP contribution < -0.4 is 5.32 Å². The molecule has 3 aliphatic rings. The highest BCUT2D eigenvalue weighted by atomic mass is 16.5. The molecule has 0 aromatic carbocycles. The minimum absolute atomic E-state index is 0.291. The molecule has 2 heterocycles. The van der Waals surface area contributed by atoms with Gasteiger partial charge in [-0.15, -0.1) is 0 Å². The van der Waals surface area contributed by atoms with E-state index in [1.165, 1.54) is 6.42 Å². The zero-order chi connectivity index (χ0) is 11.7. The van der Waals surface area contributed by atoms with E-state index in [-0.39, 0.29) is 0 Å². The fraction of sp³-hybridized carbons (Fsp3) is 0.923. The molecular weight excluding hydrogens is 216 g/mol. The Bertz CT molecular complexity index is 277. The molecule has 0 spiro atoms. The number of carbonyl (C=O) groups excluding carboxylic acids is 1. The van der Waals surface area contributed by atoms with Crippen LogP contribution >= 0.6 is 0 Å². The zero-order valence-corrected chi connectivity index (χ0v) is 10.4. The van der Waals surface area contributed by atoms with Crippen molar-refractivity contribution in [3.63, 3.8) is 0 Å². The van der Waals surface area contributed by atoms with Gasteiger partial charge in [0.05, 0.1) is 13.2 Å². The first-order valence-electron chi connectivity index (χ1n) is 6.90. The Morgan fingerprint density at radius 1 is 1.06 bits per heavy atom. The van der Waals surface area contributed by atoms with Gasteiger partial charge in [0.15, 0.2) is 0 Å². The molecular formula is C13H22N2O2. The smallest absolute Gasteiger partial charge is 0.225 e. The minimum Gasteiger partial charge on any atom is -0.378 e. The number of rotatable bonds is 1. The molecule has 1 amide bonds. The summed E-state index contributed by atoms with van der Waals surface area (Å²) >= 11 is 0. The summed E-state index contributed by atoms with van der Waals surface area (Å²) in [5.41, 5.74) is 0. The van der Waals surface area contributed by atoms with Gasteiger partial charge in [-0.1, -0.05) is 0 Å². The van der Waals surface area contributed by atoms with E-state index in [1.54, 1.807) is 0 Å². The molecule has 2 unspecified atom stereocenters. The van der Waals surface area contributed by atoms with Crippen LogP contribution in [0.4, 0.5) is 0 Å². The maximum atomic E-state index is 12.4. The van der Waals surface area contributed by atoms with Crippen LogP contribution in [-0.4, -0.2) is 50.2 Å². The second kappa shape index (κ2) is 4.94. The maximum absolute atomic E-state index is 12.4. The van der Waals surface area contributed by atoms with Gasteiger partial charge in [0.2, 0.25) is 5.91 Å². The van der Waals surface area contributed by atoms with E-state index in [4.69, 9.17) is 4.74 Å². The van der Waals surface area contributed by atoms with E-state index in [0.29, 0.717) is 25.0 Å². The van der Waals surface area contributed by atoms with Gasteiger partial charge in [-0.3, -0.25) is 4.79 Å². The molecule has 3 rings (SSSR count). The largest absolute Gasteiger partial charge is 0.378 e. The summed E-state index contributed by atoms with van der Waals surface area (Å²) in [7, 11) is 0. The molecule has 0 radical (unpaired) electrons. The number of hydrogen-bond donors (Lipinski definition) is 1. The van der Waals surface area contributed by atoms with Gasteiger partial charge < -0.3 is 15.0 Å². The number of fused-ring (bicyclic) bond motifs is 2. The average Bonchev–Trinajstić information content (AvgIpc) is 2.38. The van der Waals surface area contributed by atoms with Crippen LogP contribution in [-0.2, 0) is 9.53 Å². The molecule has 2 bridgehead atoms. The first-order valence-corrected chi connectivity index (χ1v) is 6.90. The predicted octanol–water partition coefficient (Wildman–Crippen LogP) is 0.481. The fourth-order valence-corrected chi connectivity index (χ4v) is 3.63. The lowest BCUT2D eigenvalue weighted by Gasteiger charge is -2.40. The lowest BCUT2D eigenvalue weighted by molar-refractivity contribution is -0.142. The highest BCUT2D eigenvalue weighted by Gasteiger charge is 2.36. The third kappa shape index (κ3) is 2.47. The highest BCUT2D eigenvalue weighted by Crippen LogP contribution is 2.36. The van der Waals surface area contributed by atoms with Gasteiger partial charge >= 0.3 is 0 Å². The molecule has 1 aliphatic carbocycles. The van der Waals surface area contributed by atoms with Crippen LogP contribution in [0.2, 0.25) is 0 Å². The second-order valence-electron chi connectivity index (χ2n) is 5.73. The summed E-state index contributed by atoms with van der Waals surface area (Å²) < 4.78 is 5.31. The van der Waals surface area contributed by atoms with Crippen LogP contribution in [0.1, 0.15) is 19.3 Å². The van der Waals surface area contributed by atoms with Crippen molar-refractivity contribution in [1.82, 2.24) is 10.2 Å². The van der Waals surface area contributed by atoms with E-state index < -0.39 is 0 Å². The van der Waals surface area contributed by atoms with Gasteiger partial charge in [-0.25, -0.2) is 0 Å². The van der Waals surface area contributed by atoms with Gasteiger partial charge in [-0.2, -0.15) is 0 Å². The Hall–Kier alpha value is -0.610. The van der Waals surface area contributed by atoms with Gasteiger partial charge in [0.1, 0.15) is 0 Å². The molecule has 0 aromatic rings. The fourth-order valence-electron chi connectivity index (χ4n) is 3.63. The average molecular weight is 238 g/mol. The van der Waals surface area contributed by atoms with Gasteiger partial charge in [-0.05, 0) is 44.2 Å². The Balaban J connectivity index is 1.61. The third-order valence-electron chi connectivity index (χ3n) is 4.44. The monoisotopic (exact) mass is 238 g/mol. The molecule has 96 valence electrons. The topological polar surface area (TPSA) is 41.6 Å². The molecule has 2 aliphatic heterocycles. The van der Waals surface area contributed by atoms with E-state index in [1.807, 2.05) is 4.90 Å². The lowest BCUT2D eigenvalue weighted by atomic mass is 9.72. The number of morpholine rings is 1. The van der Waals surface area contributed by atoms with Crippen LogP contribution in [0.3, 0.4) is 0 Å². The van der Waals surface area contributed by atoms with Crippen LogP contribution in [0.15, 0.2) is 0 Å². The van der Waals surface area contributed by atoms with Crippen molar-refractivity contribution >= 4 is 5.91 Å². The minimum atomic E-state index is 0.291. The Morgan fingerprint density at radius 2 is 1.71 bits per heavy atom. The quantitative estimate of drug-likeness (QED) is 0.722. The third-order valence-corrected chi connectivity index (χ3v) is 4.44. The summed E-state index contributed by atoms with van der Waals surface area (Å²) in [4.78, 5) is 14.5. The number of piperidine rings is 1. The van der Waals surface area contributed by atoms with Crippen LogP contribution in [0.25, 0.3) is 0 Å². The number of nitrogens with one attached hydrogen (secondary N) is 1. The Labute approximate surface area is 103 Å². The molecule has 1 saturated carbocycles. The highest BCUT2D eigenvalue weighted by molar-refractivity contribution is 5.79. The number of amides is 1. The summed E-state index contributed by atoms with van der Waals surface area (Å²) in [6, 6.07) is 0. The van der Waals surface area contributed by atoms with Crippen molar-refractivity contribution in [1.29, 1.82) is 0 Å². The molecule has 2 saturated heterocycles. The predicted molar refractivity (Wildman–Crippen MR) is 64.6 cm³/mol. The van der Waals surface area contributed by atoms with E-state index in [9.17, 15) is 4.79 Å². The summed E-state index contributed by atoms with van der Waals surface area (Å²) in [6.45, 7) is 5.25. The second-order valence-corrected chi connectivity index (χ2v) is 5.73. The van der Waals surface area contributed by atoms with Crippen molar-refractivity contribution < 1.29 is 9.53 Å².